The van der Waals surface area contributed by atoms with Crippen LogP contribution < -0.4 is 10.7 Å². The van der Waals surface area contributed by atoms with Gasteiger partial charge in [0.05, 0.1) is 5.35 Å². The lowest BCUT2D eigenvalue weighted by atomic mass is 10.3. The third-order valence-electron chi connectivity index (χ3n) is 1.74. The Morgan fingerprint density at radius 1 is 1.75 bits per heavy atom. The van der Waals surface area contributed by atoms with E-state index in [0.717, 1.165) is 15.7 Å². The molecular formula is C9H12N2O. The highest BCUT2D eigenvalue weighted by Gasteiger charge is 1.95. The Kier molecular flexibility index (Phi) is 2.33. The maximum Gasteiger partial charge on any atom is 0.133 e. The van der Waals surface area contributed by atoms with E-state index in [1.165, 1.54) is 6.33 Å². The lowest BCUT2D eigenvalue weighted by Crippen LogP contribution is -2.30. The minimum atomic E-state index is 0.701. The van der Waals surface area contributed by atoms with E-state index in [1.54, 1.807) is 12.2 Å². The van der Waals surface area contributed by atoms with Crippen LogP contribution in [0.4, 0.5) is 0 Å². The topological polar surface area (TPSA) is 38.0 Å². The van der Waals surface area contributed by atoms with Crippen LogP contribution in [-0.2, 0) is 0 Å². The minimum absolute atomic E-state index is 0.701. The van der Waals surface area contributed by atoms with Crippen molar-refractivity contribution in [3.8, 4) is 0 Å². The van der Waals surface area contributed by atoms with Gasteiger partial charge in [0.25, 0.3) is 0 Å². The van der Waals surface area contributed by atoms with E-state index in [1.807, 2.05) is 13.8 Å². The molecule has 0 amide bonds. The molecule has 0 bridgehead atoms. The van der Waals surface area contributed by atoms with Crippen molar-refractivity contribution in [2.24, 2.45) is 0 Å². The zero-order chi connectivity index (χ0) is 9.14. The van der Waals surface area contributed by atoms with Crippen molar-refractivity contribution in [2.75, 3.05) is 0 Å². The second-order valence-electron chi connectivity index (χ2n) is 2.50. The number of imidazole rings is 1. The van der Waals surface area contributed by atoms with Gasteiger partial charge in [-0.3, -0.25) is 0 Å². The summed E-state index contributed by atoms with van der Waals surface area (Å²) in [6.07, 6.45) is 4.89. The van der Waals surface area contributed by atoms with Crippen LogP contribution in [0, 0.1) is 0 Å². The number of hydrogen-bond acceptors (Lipinski definition) is 2. The smallest absolute Gasteiger partial charge is 0.133 e. The van der Waals surface area contributed by atoms with Crippen molar-refractivity contribution < 1.29 is 5.21 Å². The maximum absolute atomic E-state index is 9.25. The molecule has 0 radical (unpaired) electrons. The van der Waals surface area contributed by atoms with Crippen molar-refractivity contribution in [1.29, 1.82) is 0 Å². The molecule has 0 aromatic carbocycles. The number of hydrogen-bond donors (Lipinski definition) is 1. The van der Waals surface area contributed by atoms with Gasteiger partial charge in [0.2, 0.25) is 0 Å². The summed E-state index contributed by atoms with van der Waals surface area (Å²) in [4.78, 5) is 4.03. The highest BCUT2D eigenvalue weighted by atomic mass is 16.5. The lowest BCUT2D eigenvalue weighted by Gasteiger charge is -1.87. The van der Waals surface area contributed by atoms with Crippen molar-refractivity contribution in [3.63, 3.8) is 0 Å². The molecule has 0 aliphatic rings. The molecule has 1 aromatic heterocycles. The molecule has 0 spiro atoms. The quantitative estimate of drug-likeness (QED) is 0.605. The number of aromatic nitrogens is 2. The summed E-state index contributed by atoms with van der Waals surface area (Å²) in [6, 6.07) is 0. The molecular weight excluding hydrogens is 152 g/mol. The molecule has 0 saturated carbocycles. The molecule has 1 rings (SSSR count). The van der Waals surface area contributed by atoms with E-state index in [-0.39, 0.29) is 0 Å². The first-order valence-electron chi connectivity index (χ1n) is 3.73. The fourth-order valence-electron chi connectivity index (χ4n) is 1.02. The summed E-state index contributed by atoms with van der Waals surface area (Å²) >= 11 is 0. The molecule has 1 aromatic rings. The van der Waals surface area contributed by atoms with Crippen molar-refractivity contribution in [3.05, 3.63) is 29.7 Å². The van der Waals surface area contributed by atoms with Gasteiger partial charge in [-0.05, 0) is 19.4 Å². The summed E-state index contributed by atoms with van der Waals surface area (Å²) in [5.74, 6) is 0. The molecule has 12 heavy (non-hydrogen) atoms. The van der Waals surface area contributed by atoms with Crippen LogP contribution in [0.15, 0.2) is 19.0 Å². The van der Waals surface area contributed by atoms with Gasteiger partial charge >= 0.3 is 0 Å². The largest absolute Gasteiger partial charge is 0.427 e. The van der Waals surface area contributed by atoms with Crippen molar-refractivity contribution in [2.45, 2.75) is 13.8 Å². The predicted molar refractivity (Wildman–Crippen MR) is 48.1 cm³/mol. The molecule has 1 heterocycles. The normalized spacial score (nSPS) is 14.7. The van der Waals surface area contributed by atoms with Gasteiger partial charge in [-0.1, -0.05) is 18.7 Å². The summed E-state index contributed by atoms with van der Waals surface area (Å²) in [5.41, 5.74) is 0.955. The number of nitrogens with zero attached hydrogens (tertiary/aromatic N) is 2. The summed E-state index contributed by atoms with van der Waals surface area (Å²) in [5, 5.41) is 10.7. The predicted octanol–water partition coefficient (Wildman–Crippen LogP) is 0.277. The first kappa shape index (κ1) is 8.59. The first-order chi connectivity index (χ1) is 5.70. The molecule has 0 saturated heterocycles. The van der Waals surface area contributed by atoms with Gasteiger partial charge in [-0.15, -0.1) is 0 Å². The Morgan fingerprint density at radius 2 is 2.42 bits per heavy atom. The minimum Gasteiger partial charge on any atom is -0.427 e. The highest BCUT2D eigenvalue weighted by molar-refractivity contribution is 5.51. The van der Waals surface area contributed by atoms with Gasteiger partial charge in [-0.2, -0.15) is 4.73 Å². The Morgan fingerprint density at radius 3 is 2.92 bits per heavy atom. The molecule has 64 valence electrons. The van der Waals surface area contributed by atoms with Gasteiger partial charge in [-0.25, -0.2) is 4.98 Å². The molecule has 0 atom stereocenters. The lowest BCUT2D eigenvalue weighted by molar-refractivity contribution is 0.177. The molecule has 0 fully saturated rings. The van der Waals surface area contributed by atoms with Gasteiger partial charge in [0, 0.05) is 0 Å². The second kappa shape index (κ2) is 3.26. The molecule has 3 nitrogen and oxygen atoms in total. The summed E-state index contributed by atoms with van der Waals surface area (Å²) in [7, 11) is 0. The fraction of sp³-hybridized carbons (Fsp3) is 0.222. The van der Waals surface area contributed by atoms with Crippen LogP contribution in [0.2, 0.25) is 0 Å². The molecule has 0 aliphatic carbocycles. The van der Waals surface area contributed by atoms with Crippen LogP contribution >= 0.6 is 0 Å². The van der Waals surface area contributed by atoms with E-state index in [0.29, 0.717) is 5.35 Å². The summed E-state index contributed by atoms with van der Waals surface area (Å²) in [6.45, 7) is 7.40. The molecule has 1 N–H and O–H groups in total. The monoisotopic (exact) mass is 164 g/mol. The second-order valence-corrected chi connectivity index (χ2v) is 2.50. The highest BCUT2D eigenvalue weighted by Crippen LogP contribution is 1.86. The van der Waals surface area contributed by atoms with E-state index in [2.05, 4.69) is 11.6 Å². The Balaban J connectivity index is 3.67. The van der Waals surface area contributed by atoms with Gasteiger partial charge in [0.1, 0.15) is 11.7 Å². The average Bonchev–Trinajstić information content (AvgIpc) is 2.45. The SMILES string of the molecule is C=C/C(C)=c1/ncn(O)/c1=C/C. The molecule has 0 unspecified atom stereocenters. The van der Waals surface area contributed by atoms with Crippen LogP contribution in [0.5, 0.6) is 0 Å². The Hall–Kier alpha value is -1.51. The zero-order valence-electron chi connectivity index (χ0n) is 7.28. The number of rotatable bonds is 1. The Bertz CT molecular complexity index is 401. The average molecular weight is 164 g/mol. The summed E-state index contributed by atoms with van der Waals surface area (Å²) < 4.78 is 1.00. The van der Waals surface area contributed by atoms with Gasteiger partial charge in [0.15, 0.2) is 0 Å². The van der Waals surface area contributed by atoms with Crippen molar-refractivity contribution >= 4 is 11.6 Å². The van der Waals surface area contributed by atoms with Crippen LogP contribution in [0.3, 0.4) is 0 Å². The van der Waals surface area contributed by atoms with Crippen LogP contribution in [-0.4, -0.2) is 14.9 Å². The van der Waals surface area contributed by atoms with E-state index < -0.39 is 0 Å². The standard InChI is InChI=1S/C9H12N2O/c1-4-7(3)9-8(5-2)11(12)6-10-9/h4-6,12H,1H2,2-3H3/b8-5+,9-7+. The fourth-order valence-corrected chi connectivity index (χ4v) is 1.02. The third kappa shape index (κ3) is 1.25. The van der Waals surface area contributed by atoms with E-state index in [4.69, 9.17) is 0 Å². The molecule has 3 heteroatoms. The maximum atomic E-state index is 9.25. The number of allylic oxidation sites excluding steroid dienone is 1. The van der Waals surface area contributed by atoms with Crippen LogP contribution in [0.1, 0.15) is 13.8 Å². The van der Waals surface area contributed by atoms with E-state index >= 15 is 0 Å². The first-order valence-corrected chi connectivity index (χ1v) is 3.73. The zero-order valence-corrected chi connectivity index (χ0v) is 7.28. The van der Waals surface area contributed by atoms with Crippen molar-refractivity contribution in [1.82, 2.24) is 9.71 Å². The molecule has 0 aliphatic heterocycles. The Labute approximate surface area is 70.9 Å². The van der Waals surface area contributed by atoms with E-state index in [9.17, 15) is 5.21 Å². The van der Waals surface area contributed by atoms with Crippen LogP contribution in [0.25, 0.3) is 11.6 Å². The van der Waals surface area contributed by atoms with Gasteiger partial charge < -0.3 is 5.21 Å². The third-order valence-corrected chi connectivity index (χ3v) is 1.74.